The second-order valence-electron chi connectivity index (χ2n) is 3.68. The van der Waals surface area contributed by atoms with Crippen LogP contribution < -0.4 is 40.0 Å². The van der Waals surface area contributed by atoms with Crippen LogP contribution in [-0.4, -0.2) is 29.9 Å². The first-order chi connectivity index (χ1) is 7.61. The van der Waals surface area contributed by atoms with E-state index < -0.39 is 12.0 Å². The number of unbranched alkanes of at least 4 members (excludes halogenated alkanes) is 2. The van der Waals surface area contributed by atoms with Crippen molar-refractivity contribution in [2.24, 2.45) is 0 Å². The number of carboxylic acids is 1. The SMILES string of the molecule is CCCCCC(=O)N[C@@H](CCSC)C(=O)[O-].[Na+]. The molecule has 0 fully saturated rings. The molecule has 0 unspecified atom stereocenters. The number of nitrogens with one attached hydrogen (secondary N) is 1. The van der Waals surface area contributed by atoms with Gasteiger partial charge in [-0.15, -0.1) is 0 Å². The molecule has 0 aliphatic heterocycles. The average molecular weight is 269 g/mol. The Morgan fingerprint density at radius 1 is 1.35 bits per heavy atom. The molecule has 1 amide bonds. The van der Waals surface area contributed by atoms with E-state index in [1.165, 1.54) is 0 Å². The van der Waals surface area contributed by atoms with E-state index in [4.69, 9.17) is 0 Å². The van der Waals surface area contributed by atoms with Crippen LogP contribution in [0.4, 0.5) is 0 Å². The van der Waals surface area contributed by atoms with Crippen LogP contribution in [0.25, 0.3) is 0 Å². The number of aliphatic carboxylic acids is 1. The molecule has 0 aromatic carbocycles. The Bertz CT molecular complexity index is 227. The van der Waals surface area contributed by atoms with Gasteiger partial charge in [-0.25, -0.2) is 0 Å². The maximum Gasteiger partial charge on any atom is 1.00 e. The van der Waals surface area contributed by atoms with E-state index in [9.17, 15) is 14.7 Å². The Morgan fingerprint density at radius 3 is 2.47 bits per heavy atom. The maximum absolute atomic E-state index is 11.4. The molecule has 0 aromatic heterocycles. The first-order valence-corrected chi connectivity index (χ1v) is 7.00. The third-order valence-corrected chi connectivity index (χ3v) is 2.88. The summed E-state index contributed by atoms with van der Waals surface area (Å²) in [5.41, 5.74) is 0. The van der Waals surface area contributed by atoms with E-state index in [1.54, 1.807) is 11.8 Å². The number of rotatable bonds is 9. The summed E-state index contributed by atoms with van der Waals surface area (Å²) in [6.07, 6.45) is 5.57. The topological polar surface area (TPSA) is 69.2 Å². The number of carbonyl (C=O) groups excluding carboxylic acids is 2. The standard InChI is InChI=1S/C11H21NO3S.Na/c1-3-4-5-6-10(13)12-9(11(14)15)7-8-16-2;/h9H,3-8H2,1-2H3,(H,12,13)(H,14,15);/q;+1/p-1/t9-;/m0./s1. The van der Waals surface area contributed by atoms with Gasteiger partial charge in [-0.2, -0.15) is 11.8 Å². The predicted molar refractivity (Wildman–Crippen MR) is 64.1 cm³/mol. The summed E-state index contributed by atoms with van der Waals surface area (Å²) in [7, 11) is 0. The molecule has 0 saturated carbocycles. The Morgan fingerprint density at radius 2 is 2.00 bits per heavy atom. The van der Waals surface area contributed by atoms with Crippen LogP contribution in [0.1, 0.15) is 39.0 Å². The molecule has 0 aliphatic rings. The van der Waals surface area contributed by atoms with Gasteiger partial charge in [0.05, 0.1) is 12.0 Å². The zero-order valence-corrected chi connectivity index (χ0v) is 13.8. The fourth-order valence-electron chi connectivity index (χ4n) is 1.29. The van der Waals surface area contributed by atoms with E-state index in [2.05, 4.69) is 12.2 Å². The Labute approximate surface area is 130 Å². The van der Waals surface area contributed by atoms with Gasteiger partial charge >= 0.3 is 29.6 Å². The normalized spacial score (nSPS) is 11.4. The molecule has 0 heterocycles. The minimum Gasteiger partial charge on any atom is -0.548 e. The van der Waals surface area contributed by atoms with Crippen molar-refractivity contribution >= 4 is 23.6 Å². The van der Waals surface area contributed by atoms with Gasteiger partial charge in [0.1, 0.15) is 0 Å². The largest absolute Gasteiger partial charge is 1.00 e. The fourth-order valence-corrected chi connectivity index (χ4v) is 1.76. The molecule has 6 heteroatoms. The van der Waals surface area contributed by atoms with Crippen molar-refractivity contribution in [1.29, 1.82) is 0 Å². The van der Waals surface area contributed by atoms with Crippen molar-refractivity contribution < 1.29 is 44.3 Å². The Hall–Kier alpha value is 0.290. The second kappa shape index (κ2) is 12.7. The van der Waals surface area contributed by atoms with Crippen LogP contribution in [0, 0.1) is 0 Å². The number of carbonyl (C=O) groups is 2. The molecular weight excluding hydrogens is 249 g/mol. The van der Waals surface area contributed by atoms with Crippen LogP contribution in [0.5, 0.6) is 0 Å². The number of hydrogen-bond donors (Lipinski definition) is 1. The Kier molecular flexibility index (Phi) is 14.7. The summed E-state index contributed by atoms with van der Waals surface area (Å²) < 4.78 is 0. The van der Waals surface area contributed by atoms with Gasteiger partial charge in [-0.05, 0) is 24.9 Å². The van der Waals surface area contributed by atoms with Crippen molar-refractivity contribution in [3.8, 4) is 0 Å². The fraction of sp³-hybridized carbons (Fsp3) is 0.818. The van der Waals surface area contributed by atoms with Crippen LogP contribution in [0.15, 0.2) is 0 Å². The van der Waals surface area contributed by atoms with Gasteiger partial charge in [0, 0.05) is 6.42 Å². The van der Waals surface area contributed by atoms with Gasteiger partial charge in [-0.1, -0.05) is 19.8 Å². The molecule has 1 atom stereocenters. The van der Waals surface area contributed by atoms with Crippen LogP contribution in [-0.2, 0) is 9.59 Å². The smallest absolute Gasteiger partial charge is 0.548 e. The van der Waals surface area contributed by atoms with Crippen LogP contribution in [0.2, 0.25) is 0 Å². The van der Waals surface area contributed by atoms with E-state index >= 15 is 0 Å². The van der Waals surface area contributed by atoms with E-state index in [-0.39, 0.29) is 35.5 Å². The molecule has 0 bridgehead atoms. The summed E-state index contributed by atoms with van der Waals surface area (Å²) in [6, 6.07) is -0.846. The molecule has 0 aromatic rings. The molecule has 1 N–H and O–H groups in total. The van der Waals surface area contributed by atoms with E-state index in [0.29, 0.717) is 18.6 Å². The van der Waals surface area contributed by atoms with Gasteiger partial charge in [0.2, 0.25) is 5.91 Å². The minimum absolute atomic E-state index is 0. The van der Waals surface area contributed by atoms with Crippen LogP contribution >= 0.6 is 11.8 Å². The van der Waals surface area contributed by atoms with Crippen molar-refractivity contribution in [3.63, 3.8) is 0 Å². The molecule has 0 radical (unpaired) electrons. The zero-order valence-electron chi connectivity index (χ0n) is 11.0. The first-order valence-electron chi connectivity index (χ1n) is 5.61. The van der Waals surface area contributed by atoms with Crippen molar-refractivity contribution in [1.82, 2.24) is 5.32 Å². The summed E-state index contributed by atoms with van der Waals surface area (Å²) >= 11 is 1.55. The second-order valence-corrected chi connectivity index (χ2v) is 4.66. The molecule has 0 saturated heterocycles. The van der Waals surface area contributed by atoms with Gasteiger partial charge < -0.3 is 15.2 Å². The van der Waals surface area contributed by atoms with Crippen molar-refractivity contribution in [3.05, 3.63) is 0 Å². The van der Waals surface area contributed by atoms with Crippen molar-refractivity contribution in [2.75, 3.05) is 12.0 Å². The molecule has 94 valence electrons. The predicted octanol–water partition coefficient (Wildman–Crippen LogP) is -2.44. The van der Waals surface area contributed by atoms with Gasteiger partial charge in [0.25, 0.3) is 0 Å². The molecule has 0 spiro atoms. The monoisotopic (exact) mass is 269 g/mol. The number of thioether (sulfide) groups is 1. The van der Waals surface area contributed by atoms with Crippen LogP contribution in [0.3, 0.4) is 0 Å². The zero-order chi connectivity index (χ0) is 12.4. The van der Waals surface area contributed by atoms with Gasteiger partial charge in [-0.3, -0.25) is 4.79 Å². The molecular formula is C11H20NNaO3S. The molecule has 4 nitrogen and oxygen atoms in total. The average Bonchev–Trinajstić information content (AvgIpc) is 2.24. The first kappa shape index (κ1) is 19.6. The quantitative estimate of drug-likeness (QED) is 0.373. The van der Waals surface area contributed by atoms with Crippen molar-refractivity contribution in [2.45, 2.75) is 45.1 Å². The molecule has 0 aliphatic carbocycles. The Balaban J connectivity index is 0. The van der Waals surface area contributed by atoms with Gasteiger partial charge in [0.15, 0.2) is 0 Å². The molecule has 17 heavy (non-hydrogen) atoms. The summed E-state index contributed by atoms with van der Waals surface area (Å²) in [6.45, 7) is 2.06. The summed E-state index contributed by atoms with van der Waals surface area (Å²) in [5, 5.41) is 13.2. The maximum atomic E-state index is 11.4. The number of carboxylic acid groups (broad SMARTS) is 1. The minimum atomic E-state index is -1.20. The summed E-state index contributed by atoms with van der Waals surface area (Å²) in [5.74, 6) is -0.685. The summed E-state index contributed by atoms with van der Waals surface area (Å²) in [4.78, 5) is 22.1. The number of hydrogen-bond acceptors (Lipinski definition) is 4. The molecule has 0 rings (SSSR count). The third kappa shape index (κ3) is 11.1. The van der Waals surface area contributed by atoms with E-state index in [1.807, 2.05) is 6.26 Å². The third-order valence-electron chi connectivity index (χ3n) is 2.24. The van der Waals surface area contributed by atoms with E-state index in [0.717, 1.165) is 19.3 Å². The number of amides is 1.